The highest BCUT2D eigenvalue weighted by atomic mass is 15.2. The first-order valence-electron chi connectivity index (χ1n) is 5.75. The average molecular weight is 212 g/mol. The summed E-state index contributed by atoms with van der Waals surface area (Å²) in [6.45, 7) is 4.12. The van der Waals surface area contributed by atoms with E-state index >= 15 is 0 Å². The van der Waals surface area contributed by atoms with E-state index in [9.17, 15) is 0 Å². The van der Waals surface area contributed by atoms with E-state index in [4.69, 9.17) is 5.84 Å². The van der Waals surface area contributed by atoms with Crippen molar-refractivity contribution in [3.8, 4) is 0 Å². The van der Waals surface area contributed by atoms with Gasteiger partial charge in [-0.2, -0.15) is 5.10 Å². The van der Waals surface area contributed by atoms with Crippen LogP contribution in [0.1, 0.15) is 25.7 Å². The van der Waals surface area contributed by atoms with E-state index in [2.05, 4.69) is 21.1 Å². The van der Waals surface area contributed by atoms with Crippen molar-refractivity contribution in [2.75, 3.05) is 26.2 Å². The fourth-order valence-corrected chi connectivity index (χ4v) is 1.70. The fraction of sp³-hybridized carbons (Fsp3) is 0.900. The van der Waals surface area contributed by atoms with Crippen LogP contribution < -0.4 is 21.8 Å². The Hall–Kier alpha value is -0.810. The van der Waals surface area contributed by atoms with Gasteiger partial charge in [-0.1, -0.05) is 6.42 Å². The summed E-state index contributed by atoms with van der Waals surface area (Å²) in [5, 5.41) is 14.2. The van der Waals surface area contributed by atoms with Gasteiger partial charge in [0.05, 0.1) is 0 Å². The molecule has 0 aromatic rings. The Morgan fingerprint density at radius 3 is 2.93 bits per heavy atom. The summed E-state index contributed by atoms with van der Waals surface area (Å²) in [4.78, 5) is 0. The molecular weight excluding hydrogens is 190 g/mol. The molecule has 5 nitrogen and oxygen atoms in total. The topological polar surface area (TPSA) is 76.5 Å². The van der Waals surface area contributed by atoms with E-state index in [0.29, 0.717) is 6.04 Å². The molecule has 0 aromatic carbocycles. The van der Waals surface area contributed by atoms with E-state index in [1.165, 1.54) is 32.0 Å². The van der Waals surface area contributed by atoms with Crippen molar-refractivity contribution in [2.24, 2.45) is 10.9 Å². The minimum atomic E-state index is 0.646. The zero-order valence-electron chi connectivity index (χ0n) is 9.28. The minimum Gasteiger partial charge on any atom is -0.375 e. The smallest absolute Gasteiger partial charge is 0.108 e. The molecule has 0 bridgehead atoms. The van der Waals surface area contributed by atoms with Gasteiger partial charge in [0.2, 0.25) is 0 Å². The Balaban J connectivity index is 1.76. The van der Waals surface area contributed by atoms with Crippen LogP contribution in [0.4, 0.5) is 0 Å². The van der Waals surface area contributed by atoms with Crippen LogP contribution in [-0.4, -0.2) is 38.6 Å². The molecule has 0 spiro atoms. The minimum absolute atomic E-state index is 0.646. The lowest BCUT2D eigenvalue weighted by Gasteiger charge is -2.10. The van der Waals surface area contributed by atoms with E-state index in [1.807, 2.05) is 0 Å². The highest BCUT2D eigenvalue weighted by molar-refractivity contribution is 5.53. The Bertz CT molecular complexity index is 165. The highest BCUT2D eigenvalue weighted by Crippen LogP contribution is 1.99. The largest absolute Gasteiger partial charge is 0.375 e. The summed E-state index contributed by atoms with van der Waals surface area (Å²) in [5.74, 6) is 4.95. The molecule has 0 aromatic heterocycles. The van der Waals surface area contributed by atoms with Crippen LogP contribution in [0.5, 0.6) is 0 Å². The Morgan fingerprint density at radius 2 is 2.20 bits per heavy atom. The number of nitrogens with one attached hydrogen (secondary N) is 2. The quantitative estimate of drug-likeness (QED) is 0.169. The molecule has 0 aliphatic carbocycles. The van der Waals surface area contributed by atoms with Gasteiger partial charge in [0, 0.05) is 25.7 Å². The maximum absolute atomic E-state index is 4.95. The van der Waals surface area contributed by atoms with Crippen LogP contribution in [-0.2, 0) is 0 Å². The number of hydrogen-bond donors (Lipinski definition) is 3. The standard InChI is InChI=1S/C10H22N5/c11-15-9-13-5-2-1-3-6-14-10-4-7-12-8-10/h9-10,14H,1-8,11H2,(H,13,15). The average Bonchev–Trinajstić information content (AvgIpc) is 2.75. The van der Waals surface area contributed by atoms with Crippen molar-refractivity contribution >= 4 is 6.34 Å². The van der Waals surface area contributed by atoms with Crippen molar-refractivity contribution in [2.45, 2.75) is 31.7 Å². The van der Waals surface area contributed by atoms with Crippen LogP contribution in [0.15, 0.2) is 5.10 Å². The summed E-state index contributed by atoms with van der Waals surface area (Å²) in [5.41, 5.74) is 0. The summed E-state index contributed by atoms with van der Waals surface area (Å²) >= 11 is 0. The third-order valence-corrected chi connectivity index (χ3v) is 2.58. The Labute approximate surface area is 91.9 Å². The summed E-state index contributed by atoms with van der Waals surface area (Å²) < 4.78 is 0. The molecule has 5 heteroatoms. The van der Waals surface area contributed by atoms with Gasteiger partial charge < -0.3 is 16.5 Å². The third-order valence-electron chi connectivity index (χ3n) is 2.58. The van der Waals surface area contributed by atoms with Gasteiger partial charge in [-0.3, -0.25) is 0 Å². The van der Waals surface area contributed by atoms with Gasteiger partial charge in [-0.15, -0.1) is 0 Å². The second-order valence-corrected chi connectivity index (χ2v) is 3.86. The van der Waals surface area contributed by atoms with Crippen molar-refractivity contribution in [3.05, 3.63) is 0 Å². The molecule has 87 valence electrons. The number of nitrogens with two attached hydrogens (primary N) is 1. The van der Waals surface area contributed by atoms with Gasteiger partial charge in [0.1, 0.15) is 6.34 Å². The SMILES string of the molecule is NN=CNCCCCCNC1CC[N]C1. The number of rotatable bonds is 8. The molecule has 1 heterocycles. The van der Waals surface area contributed by atoms with Crippen LogP contribution in [0.3, 0.4) is 0 Å². The lowest BCUT2D eigenvalue weighted by molar-refractivity contribution is 0.519. The first-order chi connectivity index (χ1) is 7.43. The Kier molecular flexibility index (Phi) is 6.94. The van der Waals surface area contributed by atoms with Gasteiger partial charge >= 0.3 is 0 Å². The zero-order chi connectivity index (χ0) is 10.8. The number of nitrogens with zero attached hydrogens (tertiary/aromatic N) is 2. The molecule has 1 saturated heterocycles. The van der Waals surface area contributed by atoms with Crippen LogP contribution >= 0.6 is 0 Å². The van der Waals surface area contributed by atoms with Gasteiger partial charge in [-0.05, 0) is 25.8 Å². The summed E-state index contributed by atoms with van der Waals surface area (Å²) in [7, 11) is 0. The normalized spacial score (nSPS) is 21.2. The van der Waals surface area contributed by atoms with Crippen LogP contribution in [0.2, 0.25) is 0 Å². The first-order valence-corrected chi connectivity index (χ1v) is 5.75. The van der Waals surface area contributed by atoms with E-state index in [-0.39, 0.29) is 0 Å². The first kappa shape index (κ1) is 12.3. The third kappa shape index (κ3) is 6.30. The molecule has 4 N–H and O–H groups in total. The predicted molar refractivity (Wildman–Crippen MR) is 62.8 cm³/mol. The lowest BCUT2D eigenvalue weighted by Crippen LogP contribution is -2.30. The molecule has 0 amide bonds. The molecule has 15 heavy (non-hydrogen) atoms. The maximum atomic E-state index is 4.95. The summed E-state index contributed by atoms with van der Waals surface area (Å²) in [6.07, 6.45) is 6.40. The number of hydrazone groups is 1. The molecule has 1 atom stereocenters. The zero-order valence-corrected chi connectivity index (χ0v) is 9.28. The monoisotopic (exact) mass is 212 g/mol. The highest BCUT2D eigenvalue weighted by Gasteiger charge is 2.13. The maximum Gasteiger partial charge on any atom is 0.108 e. The van der Waals surface area contributed by atoms with E-state index in [1.54, 1.807) is 0 Å². The van der Waals surface area contributed by atoms with Crippen LogP contribution in [0.25, 0.3) is 0 Å². The molecule has 1 aliphatic heterocycles. The van der Waals surface area contributed by atoms with Crippen molar-refractivity contribution in [3.63, 3.8) is 0 Å². The Morgan fingerprint density at radius 1 is 1.33 bits per heavy atom. The molecule has 0 saturated carbocycles. The van der Waals surface area contributed by atoms with Gasteiger partial charge in [0.25, 0.3) is 0 Å². The second-order valence-electron chi connectivity index (χ2n) is 3.86. The number of hydrogen-bond acceptors (Lipinski definition) is 3. The molecular formula is C10H22N5. The van der Waals surface area contributed by atoms with E-state index < -0.39 is 0 Å². The second kappa shape index (κ2) is 8.49. The van der Waals surface area contributed by atoms with Gasteiger partial charge in [0.15, 0.2) is 0 Å². The van der Waals surface area contributed by atoms with Crippen molar-refractivity contribution in [1.82, 2.24) is 16.0 Å². The van der Waals surface area contributed by atoms with Gasteiger partial charge in [-0.25, -0.2) is 5.32 Å². The molecule has 1 radical (unpaired) electrons. The molecule has 1 unspecified atom stereocenters. The lowest BCUT2D eigenvalue weighted by atomic mass is 10.2. The van der Waals surface area contributed by atoms with E-state index in [0.717, 1.165) is 26.2 Å². The van der Waals surface area contributed by atoms with Crippen molar-refractivity contribution in [1.29, 1.82) is 0 Å². The predicted octanol–water partition coefficient (Wildman–Crippen LogP) is -0.385. The number of unbranched alkanes of at least 4 members (excludes halogenated alkanes) is 2. The molecule has 1 aliphatic rings. The molecule has 1 rings (SSSR count). The fourth-order valence-electron chi connectivity index (χ4n) is 1.70. The summed E-state index contributed by atoms with van der Waals surface area (Å²) in [6, 6.07) is 0.646. The molecule has 1 fully saturated rings. The van der Waals surface area contributed by atoms with Crippen molar-refractivity contribution < 1.29 is 0 Å². The van der Waals surface area contributed by atoms with Crippen LogP contribution in [0, 0.1) is 0 Å².